The van der Waals surface area contributed by atoms with Crippen LogP contribution in [0.15, 0.2) is 35.7 Å². The Morgan fingerprint density at radius 2 is 2.19 bits per heavy atom. The lowest BCUT2D eigenvalue weighted by atomic mass is 10.1. The van der Waals surface area contributed by atoms with Crippen LogP contribution in [0.5, 0.6) is 0 Å². The first-order chi connectivity index (χ1) is 12.5. The molecule has 0 saturated heterocycles. The monoisotopic (exact) mass is 369 g/mol. The molecule has 2 N–H and O–H groups in total. The third-order valence-electron chi connectivity index (χ3n) is 3.97. The fraction of sp³-hybridized carbons (Fsp3) is 0.316. The van der Waals surface area contributed by atoms with Crippen molar-refractivity contribution in [2.24, 2.45) is 0 Å². The summed E-state index contributed by atoms with van der Waals surface area (Å²) in [5.41, 5.74) is 4.63. The van der Waals surface area contributed by atoms with Crippen molar-refractivity contribution in [1.82, 2.24) is 20.1 Å². The van der Waals surface area contributed by atoms with Crippen LogP contribution >= 0.6 is 11.3 Å². The number of aryl methyl sites for hydroxylation is 2. The third kappa shape index (κ3) is 4.49. The van der Waals surface area contributed by atoms with Crippen LogP contribution in [0.1, 0.15) is 29.7 Å². The number of carbonyl (C=O) groups is 1. The van der Waals surface area contributed by atoms with Gasteiger partial charge in [0.2, 0.25) is 0 Å². The van der Waals surface area contributed by atoms with E-state index in [9.17, 15) is 4.79 Å². The van der Waals surface area contributed by atoms with Gasteiger partial charge in [0, 0.05) is 23.7 Å². The van der Waals surface area contributed by atoms with Gasteiger partial charge in [-0.25, -0.2) is 9.78 Å². The molecule has 2 aromatic heterocycles. The summed E-state index contributed by atoms with van der Waals surface area (Å²) in [6.07, 6.45) is 1.99. The number of rotatable bonds is 6. The molecular weight excluding hydrogens is 346 g/mol. The number of nitrogens with zero attached hydrogens (tertiary/aromatic N) is 3. The number of aromatic amines is 1. The highest BCUT2D eigenvalue weighted by atomic mass is 32.1. The van der Waals surface area contributed by atoms with Crippen molar-refractivity contribution in [3.05, 3.63) is 52.1 Å². The van der Waals surface area contributed by atoms with Crippen molar-refractivity contribution >= 4 is 23.1 Å². The first kappa shape index (κ1) is 18.1. The Bertz CT molecular complexity index is 885. The Labute approximate surface area is 157 Å². The zero-order valence-corrected chi connectivity index (χ0v) is 16.1. The summed E-state index contributed by atoms with van der Waals surface area (Å²) in [7, 11) is 1.77. The van der Waals surface area contributed by atoms with Gasteiger partial charge in [0.25, 0.3) is 0 Å². The molecule has 0 spiro atoms. The summed E-state index contributed by atoms with van der Waals surface area (Å²) in [5, 5.41) is 13.2. The minimum absolute atomic E-state index is 0.164. The molecule has 0 radical (unpaired) electrons. The number of H-pyrrole nitrogens is 1. The summed E-state index contributed by atoms with van der Waals surface area (Å²) in [6.45, 7) is 4.58. The van der Waals surface area contributed by atoms with Gasteiger partial charge < -0.3 is 10.2 Å². The smallest absolute Gasteiger partial charge is 0.321 e. The number of hydrogen-bond acceptors (Lipinski definition) is 4. The van der Waals surface area contributed by atoms with E-state index in [-0.39, 0.29) is 6.03 Å². The maximum Gasteiger partial charge on any atom is 0.321 e. The van der Waals surface area contributed by atoms with Gasteiger partial charge in [0.05, 0.1) is 28.6 Å². The van der Waals surface area contributed by atoms with E-state index in [2.05, 4.69) is 27.4 Å². The Balaban J connectivity index is 1.63. The molecule has 2 heterocycles. The highest BCUT2D eigenvalue weighted by Gasteiger charge is 2.12. The van der Waals surface area contributed by atoms with E-state index in [0.29, 0.717) is 6.54 Å². The first-order valence-electron chi connectivity index (χ1n) is 8.63. The molecule has 136 valence electrons. The predicted octanol–water partition coefficient (Wildman–Crippen LogP) is 4.46. The number of carbonyl (C=O) groups excluding carboxylic acids is 1. The minimum Gasteiger partial charge on any atom is -0.322 e. The summed E-state index contributed by atoms with van der Waals surface area (Å²) >= 11 is 1.61. The van der Waals surface area contributed by atoms with E-state index in [1.54, 1.807) is 23.3 Å². The van der Waals surface area contributed by atoms with Crippen LogP contribution in [-0.4, -0.2) is 33.2 Å². The van der Waals surface area contributed by atoms with Crippen molar-refractivity contribution in [2.75, 3.05) is 12.4 Å². The lowest BCUT2D eigenvalue weighted by Crippen LogP contribution is -2.30. The number of amides is 2. The maximum atomic E-state index is 12.5. The van der Waals surface area contributed by atoms with Crippen molar-refractivity contribution in [1.29, 1.82) is 0 Å². The number of anilines is 1. The Morgan fingerprint density at radius 3 is 2.92 bits per heavy atom. The standard InChI is InChI=1S/C19H23N5OS/c1-4-6-16-10-17(23-22-16)11-24(3)19(25)21-15-8-5-7-14(9-15)18-12-26-13(2)20-18/h5,7-10,12H,4,6,11H2,1-3H3,(H,21,25)(H,22,23). The average molecular weight is 369 g/mol. The molecule has 3 rings (SSSR count). The van der Waals surface area contributed by atoms with E-state index in [4.69, 9.17) is 0 Å². The second-order valence-corrected chi connectivity index (χ2v) is 7.32. The van der Waals surface area contributed by atoms with Crippen molar-refractivity contribution in [3.63, 3.8) is 0 Å². The van der Waals surface area contributed by atoms with Crippen LogP contribution in [0.4, 0.5) is 10.5 Å². The summed E-state index contributed by atoms with van der Waals surface area (Å²) in [6, 6.07) is 9.58. The summed E-state index contributed by atoms with van der Waals surface area (Å²) in [5.74, 6) is 0. The second kappa shape index (κ2) is 8.14. The van der Waals surface area contributed by atoms with Crippen molar-refractivity contribution in [3.8, 4) is 11.3 Å². The van der Waals surface area contributed by atoms with Crippen LogP contribution < -0.4 is 5.32 Å². The minimum atomic E-state index is -0.164. The van der Waals surface area contributed by atoms with Gasteiger partial charge in [-0.3, -0.25) is 5.10 Å². The zero-order chi connectivity index (χ0) is 18.5. The van der Waals surface area contributed by atoms with Crippen molar-refractivity contribution < 1.29 is 4.79 Å². The normalized spacial score (nSPS) is 10.7. The van der Waals surface area contributed by atoms with Crippen LogP contribution in [0, 0.1) is 6.92 Å². The van der Waals surface area contributed by atoms with E-state index in [1.807, 2.05) is 42.6 Å². The molecule has 26 heavy (non-hydrogen) atoms. The van der Waals surface area contributed by atoms with E-state index >= 15 is 0 Å². The third-order valence-corrected chi connectivity index (χ3v) is 4.75. The SMILES string of the molecule is CCCc1cc(CN(C)C(=O)Nc2cccc(-c3csc(C)n3)c2)[nH]n1. The first-order valence-corrected chi connectivity index (χ1v) is 9.51. The summed E-state index contributed by atoms with van der Waals surface area (Å²) < 4.78 is 0. The highest BCUT2D eigenvalue weighted by Crippen LogP contribution is 2.24. The fourth-order valence-electron chi connectivity index (χ4n) is 2.67. The lowest BCUT2D eigenvalue weighted by molar-refractivity contribution is 0.220. The molecule has 0 aliphatic heterocycles. The molecule has 1 aromatic carbocycles. The molecule has 0 bridgehead atoms. The number of hydrogen-bond donors (Lipinski definition) is 2. The second-order valence-electron chi connectivity index (χ2n) is 6.25. The van der Waals surface area contributed by atoms with Crippen molar-refractivity contribution in [2.45, 2.75) is 33.2 Å². The van der Waals surface area contributed by atoms with Crippen LogP contribution in [-0.2, 0) is 13.0 Å². The fourth-order valence-corrected chi connectivity index (χ4v) is 3.30. The molecule has 7 heteroatoms. The zero-order valence-electron chi connectivity index (χ0n) is 15.2. The number of thiazole rings is 1. The van der Waals surface area contributed by atoms with Gasteiger partial charge in [0.1, 0.15) is 0 Å². The average Bonchev–Trinajstić information content (AvgIpc) is 3.24. The molecule has 0 aliphatic rings. The Hall–Kier alpha value is -2.67. The van der Waals surface area contributed by atoms with E-state index < -0.39 is 0 Å². The number of aromatic nitrogens is 3. The van der Waals surface area contributed by atoms with Gasteiger partial charge in [-0.2, -0.15) is 5.10 Å². The molecule has 2 amide bonds. The largest absolute Gasteiger partial charge is 0.322 e. The Morgan fingerprint density at radius 1 is 1.35 bits per heavy atom. The molecule has 0 saturated carbocycles. The number of benzene rings is 1. The molecule has 0 atom stereocenters. The van der Waals surface area contributed by atoms with E-state index in [1.165, 1.54) is 0 Å². The van der Waals surface area contributed by atoms with Crippen LogP contribution in [0.2, 0.25) is 0 Å². The van der Waals surface area contributed by atoms with E-state index in [0.717, 1.165) is 46.2 Å². The maximum absolute atomic E-state index is 12.5. The summed E-state index contributed by atoms with van der Waals surface area (Å²) in [4.78, 5) is 18.6. The molecule has 0 fully saturated rings. The topological polar surface area (TPSA) is 73.9 Å². The predicted molar refractivity (Wildman–Crippen MR) is 105 cm³/mol. The van der Waals surface area contributed by atoms with Gasteiger partial charge >= 0.3 is 6.03 Å². The quantitative estimate of drug-likeness (QED) is 0.674. The number of nitrogens with one attached hydrogen (secondary N) is 2. The molecule has 6 nitrogen and oxygen atoms in total. The molecule has 0 unspecified atom stereocenters. The number of urea groups is 1. The van der Waals surface area contributed by atoms with Crippen LogP contribution in [0.25, 0.3) is 11.3 Å². The Kier molecular flexibility index (Phi) is 5.68. The molecular formula is C19H23N5OS. The van der Waals surface area contributed by atoms with Gasteiger partial charge in [-0.05, 0) is 31.5 Å². The van der Waals surface area contributed by atoms with Gasteiger partial charge in [-0.1, -0.05) is 25.5 Å². The highest BCUT2D eigenvalue weighted by molar-refractivity contribution is 7.09. The van der Waals surface area contributed by atoms with Crippen LogP contribution in [0.3, 0.4) is 0 Å². The van der Waals surface area contributed by atoms with Gasteiger partial charge in [-0.15, -0.1) is 11.3 Å². The lowest BCUT2D eigenvalue weighted by Gasteiger charge is -2.17. The van der Waals surface area contributed by atoms with Gasteiger partial charge in [0.15, 0.2) is 0 Å². The molecule has 3 aromatic rings. The molecule has 0 aliphatic carbocycles.